The highest BCUT2D eigenvalue weighted by Gasteiger charge is 2.12. The quantitative estimate of drug-likeness (QED) is 0.733. The van der Waals surface area contributed by atoms with E-state index >= 15 is 0 Å². The summed E-state index contributed by atoms with van der Waals surface area (Å²) in [7, 11) is 5.09. The summed E-state index contributed by atoms with van der Waals surface area (Å²) in [5.41, 5.74) is 8.09. The van der Waals surface area contributed by atoms with Crippen LogP contribution < -0.4 is 15.2 Å². The minimum atomic E-state index is 0.0953. The minimum absolute atomic E-state index is 0.0953. The molecule has 1 aromatic rings. The molecule has 0 aliphatic rings. The van der Waals surface area contributed by atoms with Gasteiger partial charge in [0.05, 0.1) is 14.2 Å². The number of aryl methyl sites for hydroxylation is 1. The number of ether oxygens (including phenoxy) is 3. The summed E-state index contributed by atoms with van der Waals surface area (Å²) in [6.45, 7) is 2.73. The van der Waals surface area contributed by atoms with Crippen molar-refractivity contribution < 1.29 is 14.2 Å². The van der Waals surface area contributed by atoms with Crippen molar-refractivity contribution in [1.82, 2.24) is 0 Å². The molecule has 0 unspecified atom stereocenters. The van der Waals surface area contributed by atoms with Crippen LogP contribution in [-0.2, 0) is 17.6 Å². The van der Waals surface area contributed by atoms with Gasteiger partial charge < -0.3 is 19.9 Å². The molecular formula is C15H25NO3. The summed E-state index contributed by atoms with van der Waals surface area (Å²) in [4.78, 5) is 0. The van der Waals surface area contributed by atoms with Crippen LogP contribution in [0.25, 0.3) is 0 Å². The first-order valence-electron chi connectivity index (χ1n) is 6.60. The van der Waals surface area contributed by atoms with E-state index < -0.39 is 0 Å². The van der Waals surface area contributed by atoms with E-state index in [1.165, 1.54) is 0 Å². The summed E-state index contributed by atoms with van der Waals surface area (Å²) >= 11 is 0. The van der Waals surface area contributed by atoms with Gasteiger partial charge >= 0.3 is 0 Å². The number of hydrogen-bond acceptors (Lipinski definition) is 4. The van der Waals surface area contributed by atoms with Crippen LogP contribution in [0.15, 0.2) is 12.1 Å². The number of benzene rings is 1. The first-order valence-corrected chi connectivity index (χ1v) is 6.60. The summed E-state index contributed by atoms with van der Waals surface area (Å²) in [5.74, 6) is 1.78. The van der Waals surface area contributed by atoms with Crippen LogP contribution in [-0.4, -0.2) is 34.0 Å². The Hall–Kier alpha value is -1.26. The molecule has 0 aliphatic heterocycles. The molecule has 1 aromatic carbocycles. The molecule has 2 N–H and O–H groups in total. The fraction of sp³-hybridized carbons (Fsp3) is 0.600. The maximum absolute atomic E-state index is 5.86. The molecule has 0 heterocycles. The van der Waals surface area contributed by atoms with Crippen LogP contribution in [0.1, 0.15) is 24.5 Å². The van der Waals surface area contributed by atoms with Crippen LogP contribution >= 0.6 is 0 Å². The lowest BCUT2D eigenvalue weighted by Crippen LogP contribution is -2.18. The second-order valence-corrected chi connectivity index (χ2v) is 4.75. The van der Waals surface area contributed by atoms with E-state index in [0.29, 0.717) is 0 Å². The smallest absolute Gasteiger partial charge is 0.122 e. The Morgan fingerprint density at radius 3 is 2.16 bits per heavy atom. The zero-order valence-electron chi connectivity index (χ0n) is 12.4. The van der Waals surface area contributed by atoms with Gasteiger partial charge in [-0.05, 0) is 49.4 Å². The summed E-state index contributed by atoms with van der Waals surface area (Å²) < 4.78 is 16.0. The van der Waals surface area contributed by atoms with Gasteiger partial charge in [0.2, 0.25) is 0 Å². The standard InChI is InChI=1S/C15H25NO3/c1-11(16)8-13-10-14(18-3)12(6-5-7-17-2)9-15(13)19-4/h9-11H,5-8,16H2,1-4H3/t11-/m0/s1. The topological polar surface area (TPSA) is 53.7 Å². The van der Waals surface area contributed by atoms with Crippen molar-refractivity contribution in [2.45, 2.75) is 32.2 Å². The van der Waals surface area contributed by atoms with Gasteiger partial charge in [-0.2, -0.15) is 0 Å². The number of methoxy groups -OCH3 is 3. The van der Waals surface area contributed by atoms with E-state index in [-0.39, 0.29) is 6.04 Å². The van der Waals surface area contributed by atoms with Crippen LogP contribution in [0.2, 0.25) is 0 Å². The van der Waals surface area contributed by atoms with E-state index in [9.17, 15) is 0 Å². The average Bonchev–Trinajstić information content (AvgIpc) is 2.39. The van der Waals surface area contributed by atoms with E-state index in [2.05, 4.69) is 0 Å². The van der Waals surface area contributed by atoms with Gasteiger partial charge in [0.15, 0.2) is 0 Å². The Bertz CT molecular complexity index is 391. The zero-order valence-corrected chi connectivity index (χ0v) is 12.4. The zero-order chi connectivity index (χ0) is 14.3. The Balaban J connectivity index is 2.97. The van der Waals surface area contributed by atoms with E-state index in [4.69, 9.17) is 19.9 Å². The minimum Gasteiger partial charge on any atom is -0.496 e. The molecule has 0 amide bonds. The predicted octanol–water partition coefficient (Wildman–Crippen LogP) is 2.17. The lowest BCUT2D eigenvalue weighted by atomic mass is 10.0. The Kier molecular flexibility index (Phi) is 6.67. The highest BCUT2D eigenvalue weighted by molar-refractivity contribution is 5.47. The molecule has 108 valence electrons. The molecule has 0 spiro atoms. The van der Waals surface area contributed by atoms with Crippen molar-refractivity contribution in [2.24, 2.45) is 5.73 Å². The summed E-state index contributed by atoms with van der Waals surface area (Å²) in [5, 5.41) is 0. The number of hydrogen-bond donors (Lipinski definition) is 1. The molecule has 0 saturated carbocycles. The van der Waals surface area contributed by atoms with Gasteiger partial charge in [-0.15, -0.1) is 0 Å². The third-order valence-corrected chi connectivity index (χ3v) is 3.02. The molecule has 0 aromatic heterocycles. The fourth-order valence-electron chi connectivity index (χ4n) is 2.13. The van der Waals surface area contributed by atoms with Crippen molar-refractivity contribution in [3.8, 4) is 11.5 Å². The molecule has 4 heteroatoms. The molecule has 0 fully saturated rings. The van der Waals surface area contributed by atoms with Crippen molar-refractivity contribution in [3.63, 3.8) is 0 Å². The monoisotopic (exact) mass is 267 g/mol. The van der Waals surface area contributed by atoms with Crippen LogP contribution in [0.5, 0.6) is 11.5 Å². The van der Waals surface area contributed by atoms with Gasteiger partial charge in [-0.1, -0.05) is 0 Å². The lowest BCUT2D eigenvalue weighted by molar-refractivity contribution is 0.195. The number of rotatable bonds is 8. The van der Waals surface area contributed by atoms with Crippen LogP contribution in [0, 0.1) is 0 Å². The number of nitrogens with two attached hydrogens (primary N) is 1. The second kappa shape index (κ2) is 8.02. The third-order valence-electron chi connectivity index (χ3n) is 3.02. The normalized spacial score (nSPS) is 12.3. The van der Waals surface area contributed by atoms with Gasteiger partial charge in [0, 0.05) is 19.8 Å². The summed E-state index contributed by atoms with van der Waals surface area (Å²) in [6, 6.07) is 4.18. The first kappa shape index (κ1) is 15.8. The lowest BCUT2D eigenvalue weighted by Gasteiger charge is -2.16. The molecule has 0 radical (unpaired) electrons. The molecule has 0 bridgehead atoms. The Labute approximate surface area is 115 Å². The van der Waals surface area contributed by atoms with E-state index in [0.717, 1.165) is 48.5 Å². The van der Waals surface area contributed by atoms with Crippen molar-refractivity contribution in [1.29, 1.82) is 0 Å². The van der Waals surface area contributed by atoms with Gasteiger partial charge in [0.1, 0.15) is 11.5 Å². The van der Waals surface area contributed by atoms with Gasteiger partial charge in [-0.3, -0.25) is 0 Å². The molecule has 19 heavy (non-hydrogen) atoms. The van der Waals surface area contributed by atoms with Crippen molar-refractivity contribution in [2.75, 3.05) is 27.9 Å². The molecule has 1 rings (SSSR count). The SMILES string of the molecule is COCCCc1cc(OC)c(C[C@H](C)N)cc1OC. The van der Waals surface area contributed by atoms with Crippen LogP contribution in [0.3, 0.4) is 0 Å². The van der Waals surface area contributed by atoms with E-state index in [1.54, 1.807) is 21.3 Å². The first-order chi connectivity index (χ1) is 9.12. The Morgan fingerprint density at radius 1 is 1.05 bits per heavy atom. The van der Waals surface area contributed by atoms with Crippen molar-refractivity contribution >= 4 is 0 Å². The maximum Gasteiger partial charge on any atom is 0.122 e. The van der Waals surface area contributed by atoms with Crippen molar-refractivity contribution in [3.05, 3.63) is 23.3 Å². The largest absolute Gasteiger partial charge is 0.496 e. The molecule has 1 atom stereocenters. The molecular weight excluding hydrogens is 242 g/mol. The maximum atomic E-state index is 5.86. The predicted molar refractivity (Wildman–Crippen MR) is 77.1 cm³/mol. The summed E-state index contributed by atoms with van der Waals surface area (Å²) in [6.07, 6.45) is 2.65. The second-order valence-electron chi connectivity index (χ2n) is 4.75. The van der Waals surface area contributed by atoms with E-state index in [1.807, 2.05) is 19.1 Å². The average molecular weight is 267 g/mol. The third kappa shape index (κ3) is 4.73. The van der Waals surface area contributed by atoms with Crippen LogP contribution in [0.4, 0.5) is 0 Å². The van der Waals surface area contributed by atoms with Gasteiger partial charge in [0.25, 0.3) is 0 Å². The molecule has 0 saturated heterocycles. The fourth-order valence-corrected chi connectivity index (χ4v) is 2.13. The Morgan fingerprint density at radius 2 is 1.63 bits per heavy atom. The highest BCUT2D eigenvalue weighted by Crippen LogP contribution is 2.30. The highest BCUT2D eigenvalue weighted by atomic mass is 16.5. The molecule has 4 nitrogen and oxygen atoms in total. The molecule has 0 aliphatic carbocycles. The van der Waals surface area contributed by atoms with Gasteiger partial charge in [-0.25, -0.2) is 0 Å².